The summed E-state index contributed by atoms with van der Waals surface area (Å²) in [7, 11) is -0.175. The summed E-state index contributed by atoms with van der Waals surface area (Å²) in [6, 6.07) is 14.7. The van der Waals surface area contributed by atoms with Gasteiger partial charge in [0.25, 0.3) is 0 Å². The summed E-state index contributed by atoms with van der Waals surface area (Å²) in [6.07, 6.45) is 0.536. The molecule has 0 saturated heterocycles. The minimum absolute atomic E-state index is 0.236. The number of hydrogen-bond donors (Lipinski definition) is 5. The summed E-state index contributed by atoms with van der Waals surface area (Å²) < 4.78 is 5.12. The van der Waals surface area contributed by atoms with E-state index in [0.29, 0.717) is 12.2 Å². The maximum absolute atomic E-state index is 12.9. The first-order chi connectivity index (χ1) is 15.2. The lowest BCUT2D eigenvalue weighted by molar-refractivity contribution is -0.130. The van der Waals surface area contributed by atoms with Gasteiger partial charge in [-0.2, -0.15) is 0 Å². The molecule has 0 aliphatic rings. The average molecular weight is 441 g/mol. The zero-order valence-corrected chi connectivity index (χ0v) is 18.7. The van der Waals surface area contributed by atoms with E-state index in [1.54, 1.807) is 33.1 Å². The lowest BCUT2D eigenvalue weighted by atomic mass is 9.75. The Balaban J connectivity index is 2.00. The van der Waals surface area contributed by atoms with E-state index in [-0.39, 0.29) is 12.3 Å². The van der Waals surface area contributed by atoms with Crippen molar-refractivity contribution in [2.45, 2.75) is 44.7 Å². The van der Waals surface area contributed by atoms with Crippen LogP contribution in [-0.4, -0.2) is 54.1 Å². The van der Waals surface area contributed by atoms with Crippen LogP contribution in [0.1, 0.15) is 25.0 Å². The first kappa shape index (κ1) is 25.4. The highest BCUT2D eigenvalue weighted by molar-refractivity contribution is 6.43. The third kappa shape index (κ3) is 7.67. The molecular weight excluding hydrogens is 409 g/mol. The Morgan fingerprint density at radius 1 is 0.938 bits per heavy atom. The molecule has 0 aliphatic heterocycles. The van der Waals surface area contributed by atoms with E-state index < -0.39 is 37.0 Å². The van der Waals surface area contributed by atoms with Crippen LogP contribution in [-0.2, 0) is 22.4 Å². The molecule has 2 rings (SSSR count). The molecule has 0 fully saturated rings. The van der Waals surface area contributed by atoms with E-state index in [2.05, 4.69) is 10.6 Å². The van der Waals surface area contributed by atoms with Crippen LogP contribution in [0.4, 0.5) is 0 Å². The molecule has 0 saturated carbocycles. The van der Waals surface area contributed by atoms with E-state index in [9.17, 15) is 19.6 Å². The van der Waals surface area contributed by atoms with Crippen molar-refractivity contribution < 1.29 is 24.4 Å². The number of methoxy groups -OCH3 is 1. The molecule has 2 aromatic carbocycles. The highest BCUT2D eigenvalue weighted by atomic mass is 16.5. The second-order valence-corrected chi connectivity index (χ2v) is 8.11. The van der Waals surface area contributed by atoms with Crippen molar-refractivity contribution in [1.82, 2.24) is 10.6 Å². The van der Waals surface area contributed by atoms with Gasteiger partial charge < -0.3 is 31.2 Å². The van der Waals surface area contributed by atoms with Crippen LogP contribution in [0.5, 0.6) is 5.75 Å². The monoisotopic (exact) mass is 441 g/mol. The Hall–Kier alpha value is -2.88. The first-order valence-electron chi connectivity index (χ1n) is 10.6. The average Bonchev–Trinajstić information content (AvgIpc) is 2.77. The molecule has 0 aromatic heterocycles. The smallest absolute Gasteiger partial charge is 0.475 e. The maximum atomic E-state index is 12.9. The Kier molecular flexibility index (Phi) is 9.71. The highest BCUT2D eigenvalue weighted by Crippen LogP contribution is 2.13. The van der Waals surface area contributed by atoms with Crippen LogP contribution in [0.15, 0.2) is 54.6 Å². The van der Waals surface area contributed by atoms with E-state index in [0.717, 1.165) is 11.1 Å². The zero-order chi connectivity index (χ0) is 23.7. The van der Waals surface area contributed by atoms with Crippen LogP contribution in [0.2, 0.25) is 0 Å². The molecule has 8 nitrogen and oxygen atoms in total. The SMILES string of the molecule is COc1ccc(C[C@H](N)C(=O)N[C@H](C(=O)N[C@@H](Cc2ccccc2)B(O)O)C(C)C)cc1. The van der Waals surface area contributed by atoms with Crippen molar-refractivity contribution in [3.63, 3.8) is 0 Å². The molecule has 0 unspecified atom stereocenters. The molecular formula is C23H32BN3O5. The lowest BCUT2D eigenvalue weighted by Gasteiger charge is -2.26. The summed E-state index contributed by atoms with van der Waals surface area (Å²) >= 11 is 0. The Morgan fingerprint density at radius 3 is 2.06 bits per heavy atom. The van der Waals surface area contributed by atoms with Gasteiger partial charge in [-0.05, 0) is 42.0 Å². The van der Waals surface area contributed by atoms with E-state index >= 15 is 0 Å². The minimum atomic E-state index is -1.75. The number of nitrogens with one attached hydrogen (secondary N) is 2. The number of hydrogen-bond acceptors (Lipinski definition) is 6. The second kappa shape index (κ2) is 12.2. The molecule has 2 aromatic rings. The molecule has 0 aliphatic carbocycles. The van der Waals surface area contributed by atoms with Crippen LogP contribution in [0, 0.1) is 5.92 Å². The number of amides is 2. The predicted molar refractivity (Wildman–Crippen MR) is 124 cm³/mol. The Labute approximate surface area is 189 Å². The summed E-state index contributed by atoms with van der Waals surface area (Å²) in [5.74, 6) is -1.41. The number of carbonyl (C=O) groups excluding carboxylic acids is 2. The second-order valence-electron chi connectivity index (χ2n) is 8.11. The normalized spacial score (nSPS) is 13.7. The molecule has 0 bridgehead atoms. The number of benzene rings is 2. The molecule has 32 heavy (non-hydrogen) atoms. The van der Waals surface area contributed by atoms with Crippen molar-refractivity contribution in [1.29, 1.82) is 0 Å². The summed E-state index contributed by atoms with van der Waals surface area (Å²) in [6.45, 7) is 3.59. The van der Waals surface area contributed by atoms with E-state index in [1.165, 1.54) is 0 Å². The largest absolute Gasteiger partial charge is 0.497 e. The molecule has 3 atom stereocenters. The van der Waals surface area contributed by atoms with Crippen LogP contribution in [0.3, 0.4) is 0 Å². The maximum Gasteiger partial charge on any atom is 0.475 e. The molecule has 172 valence electrons. The number of ether oxygens (including phenoxy) is 1. The van der Waals surface area contributed by atoms with Gasteiger partial charge in [-0.25, -0.2) is 0 Å². The fourth-order valence-electron chi connectivity index (χ4n) is 3.28. The highest BCUT2D eigenvalue weighted by Gasteiger charge is 2.31. The van der Waals surface area contributed by atoms with Crippen LogP contribution >= 0.6 is 0 Å². The van der Waals surface area contributed by atoms with Gasteiger partial charge in [-0.3, -0.25) is 9.59 Å². The number of nitrogens with two attached hydrogens (primary N) is 1. The summed E-state index contributed by atoms with van der Waals surface area (Å²) in [5, 5.41) is 24.8. The van der Waals surface area contributed by atoms with Crippen molar-refractivity contribution in [2.75, 3.05) is 7.11 Å². The van der Waals surface area contributed by atoms with Gasteiger partial charge in [-0.1, -0.05) is 56.3 Å². The standard InChI is InChI=1S/C23H32BN3O5/c1-15(2)21(23(29)26-20(24(30)31)14-16-7-5-4-6-8-16)27-22(28)19(25)13-17-9-11-18(32-3)12-10-17/h4-12,15,19-21,30-31H,13-14,25H2,1-3H3,(H,26,29)(H,27,28)/t19-,20-,21-/m0/s1. The number of rotatable bonds is 11. The quantitative estimate of drug-likeness (QED) is 0.322. The lowest BCUT2D eigenvalue weighted by Crippen LogP contribution is -2.58. The minimum Gasteiger partial charge on any atom is -0.497 e. The third-order valence-corrected chi connectivity index (χ3v) is 5.18. The fourth-order valence-corrected chi connectivity index (χ4v) is 3.28. The third-order valence-electron chi connectivity index (χ3n) is 5.18. The fraction of sp³-hybridized carbons (Fsp3) is 0.391. The Bertz CT molecular complexity index is 862. The van der Waals surface area contributed by atoms with Gasteiger partial charge in [-0.15, -0.1) is 0 Å². The van der Waals surface area contributed by atoms with Gasteiger partial charge in [0, 0.05) is 0 Å². The summed E-state index contributed by atoms with van der Waals surface area (Å²) in [5.41, 5.74) is 7.78. The summed E-state index contributed by atoms with van der Waals surface area (Å²) in [4.78, 5) is 25.5. The Morgan fingerprint density at radius 2 is 1.53 bits per heavy atom. The molecule has 0 heterocycles. The van der Waals surface area contributed by atoms with Gasteiger partial charge in [0.15, 0.2) is 0 Å². The molecule has 9 heteroatoms. The van der Waals surface area contributed by atoms with Crippen LogP contribution in [0.25, 0.3) is 0 Å². The van der Waals surface area contributed by atoms with Crippen molar-refractivity contribution in [3.05, 3.63) is 65.7 Å². The predicted octanol–water partition coefficient (Wildman–Crippen LogP) is 0.445. The van der Waals surface area contributed by atoms with Crippen molar-refractivity contribution in [2.24, 2.45) is 11.7 Å². The zero-order valence-electron chi connectivity index (χ0n) is 18.7. The molecule has 0 spiro atoms. The molecule has 2 amide bonds. The number of carbonyl (C=O) groups is 2. The van der Waals surface area contributed by atoms with Crippen molar-refractivity contribution >= 4 is 18.9 Å². The van der Waals surface area contributed by atoms with Crippen molar-refractivity contribution in [3.8, 4) is 5.75 Å². The van der Waals surface area contributed by atoms with Gasteiger partial charge in [0.2, 0.25) is 11.8 Å². The molecule has 0 radical (unpaired) electrons. The van der Waals surface area contributed by atoms with E-state index in [4.69, 9.17) is 10.5 Å². The van der Waals surface area contributed by atoms with E-state index in [1.807, 2.05) is 42.5 Å². The molecule has 6 N–H and O–H groups in total. The van der Waals surface area contributed by atoms with Gasteiger partial charge in [0.1, 0.15) is 11.8 Å². The topological polar surface area (TPSA) is 134 Å². The van der Waals surface area contributed by atoms with Gasteiger partial charge >= 0.3 is 7.12 Å². The van der Waals surface area contributed by atoms with Crippen LogP contribution < -0.4 is 21.1 Å². The first-order valence-corrected chi connectivity index (χ1v) is 10.6. The van der Waals surface area contributed by atoms with Gasteiger partial charge in [0.05, 0.1) is 19.1 Å².